The molecule has 0 aliphatic heterocycles. The van der Waals surface area contributed by atoms with Crippen molar-refractivity contribution >= 4 is 37.6 Å². The number of aryl methyl sites for hydroxylation is 1. The highest BCUT2D eigenvalue weighted by molar-refractivity contribution is 7.25. The lowest BCUT2D eigenvalue weighted by Crippen LogP contribution is -2.03. The van der Waals surface area contributed by atoms with Crippen molar-refractivity contribution in [2.24, 2.45) is 7.05 Å². The molecule has 0 fully saturated rings. The van der Waals surface area contributed by atoms with Crippen LogP contribution in [0.2, 0.25) is 0 Å². The number of carboxylic acid groups (broad SMARTS) is 1. The van der Waals surface area contributed by atoms with E-state index >= 15 is 0 Å². The van der Waals surface area contributed by atoms with E-state index in [0.717, 1.165) is 26.1 Å². The lowest BCUT2D eigenvalue weighted by Gasteiger charge is -2.01. The minimum absolute atomic E-state index is 0.314. The molecule has 1 aromatic carbocycles. The van der Waals surface area contributed by atoms with Gasteiger partial charge in [-0.1, -0.05) is 0 Å². The summed E-state index contributed by atoms with van der Waals surface area (Å²) in [5.41, 5.74) is 1.28. The van der Waals surface area contributed by atoms with Gasteiger partial charge >= 0.3 is 5.97 Å². The van der Waals surface area contributed by atoms with Gasteiger partial charge in [-0.2, -0.15) is 0 Å². The zero-order valence-corrected chi connectivity index (χ0v) is 10.7. The van der Waals surface area contributed by atoms with E-state index in [1.807, 2.05) is 18.2 Å². The second-order valence-electron chi connectivity index (χ2n) is 4.07. The molecule has 0 unspecified atom stereocenters. The Hall–Kier alpha value is -2.01. The second-order valence-corrected chi connectivity index (χ2v) is 5.15. The number of thiophene rings is 1. The summed E-state index contributed by atoms with van der Waals surface area (Å²) >= 11 is 1.58. The largest absolute Gasteiger partial charge is 0.497 e. The Balaban J connectivity index is 2.37. The summed E-state index contributed by atoms with van der Waals surface area (Å²) < 4.78 is 9.01. The van der Waals surface area contributed by atoms with Crippen LogP contribution in [-0.4, -0.2) is 22.8 Å². The van der Waals surface area contributed by atoms with Gasteiger partial charge in [0.1, 0.15) is 11.4 Å². The van der Waals surface area contributed by atoms with Gasteiger partial charge in [0.15, 0.2) is 0 Å². The standard InChI is InChI=1S/C13H11NO3S/c1-14-9(13(15)16)6-11-12(14)8-4-3-7(17-2)5-10(8)18-11/h3-6H,1-2H3,(H,15,16). The maximum Gasteiger partial charge on any atom is 0.352 e. The van der Waals surface area contributed by atoms with E-state index in [4.69, 9.17) is 9.84 Å². The van der Waals surface area contributed by atoms with Crippen molar-refractivity contribution < 1.29 is 14.6 Å². The van der Waals surface area contributed by atoms with Crippen molar-refractivity contribution in [3.8, 4) is 5.75 Å². The van der Waals surface area contributed by atoms with Crippen molar-refractivity contribution in [1.29, 1.82) is 0 Å². The average Bonchev–Trinajstić information content (AvgIpc) is 2.85. The fourth-order valence-corrected chi connectivity index (χ4v) is 3.40. The van der Waals surface area contributed by atoms with Crippen molar-refractivity contribution in [3.63, 3.8) is 0 Å². The highest BCUT2D eigenvalue weighted by Gasteiger charge is 2.16. The molecule has 2 heterocycles. The number of aromatic nitrogens is 1. The van der Waals surface area contributed by atoms with E-state index in [-0.39, 0.29) is 0 Å². The number of hydrogen-bond acceptors (Lipinski definition) is 3. The molecule has 92 valence electrons. The van der Waals surface area contributed by atoms with Gasteiger partial charge in [-0.05, 0) is 24.3 Å². The zero-order valence-electron chi connectivity index (χ0n) is 9.93. The molecule has 0 spiro atoms. The average molecular weight is 261 g/mol. The van der Waals surface area contributed by atoms with Crippen LogP contribution in [0.3, 0.4) is 0 Å². The van der Waals surface area contributed by atoms with Gasteiger partial charge in [0.05, 0.1) is 17.3 Å². The molecular formula is C13H11NO3S. The Kier molecular flexibility index (Phi) is 2.31. The first-order chi connectivity index (χ1) is 8.61. The molecule has 1 N–H and O–H groups in total. The van der Waals surface area contributed by atoms with Crippen LogP contribution in [0.15, 0.2) is 24.3 Å². The summed E-state index contributed by atoms with van der Waals surface area (Å²) in [6.45, 7) is 0. The van der Waals surface area contributed by atoms with Crippen LogP contribution >= 0.6 is 11.3 Å². The SMILES string of the molecule is COc1ccc2c(c1)sc1cc(C(=O)O)n(C)c12. The molecule has 5 heteroatoms. The number of rotatable bonds is 2. The first-order valence-corrected chi connectivity index (χ1v) is 6.22. The van der Waals surface area contributed by atoms with E-state index < -0.39 is 5.97 Å². The molecule has 0 radical (unpaired) electrons. The summed E-state index contributed by atoms with van der Waals surface area (Å²) in [5.74, 6) is -0.0879. The first kappa shape index (κ1) is 11.1. The predicted octanol–water partition coefficient (Wildman–Crippen LogP) is 3.10. The normalized spacial score (nSPS) is 11.2. The minimum Gasteiger partial charge on any atom is -0.497 e. The van der Waals surface area contributed by atoms with Gasteiger partial charge in [-0.3, -0.25) is 0 Å². The summed E-state index contributed by atoms with van der Waals surface area (Å²) in [4.78, 5) is 11.1. The smallest absolute Gasteiger partial charge is 0.352 e. The topological polar surface area (TPSA) is 51.5 Å². The monoisotopic (exact) mass is 261 g/mol. The molecule has 2 aromatic heterocycles. The number of nitrogens with zero attached hydrogens (tertiary/aromatic N) is 1. The van der Waals surface area contributed by atoms with Crippen molar-refractivity contribution in [1.82, 2.24) is 4.57 Å². The highest BCUT2D eigenvalue weighted by Crippen LogP contribution is 2.37. The third-order valence-corrected chi connectivity index (χ3v) is 4.17. The molecule has 0 saturated heterocycles. The van der Waals surface area contributed by atoms with Crippen LogP contribution in [0.5, 0.6) is 5.75 Å². The Bertz CT molecular complexity index is 769. The van der Waals surface area contributed by atoms with Crippen LogP contribution in [0.4, 0.5) is 0 Å². The Morgan fingerprint density at radius 1 is 1.33 bits per heavy atom. The van der Waals surface area contributed by atoms with E-state index in [2.05, 4.69) is 0 Å². The number of carboxylic acids is 1. The first-order valence-electron chi connectivity index (χ1n) is 5.41. The third kappa shape index (κ3) is 1.41. The molecular weight excluding hydrogens is 250 g/mol. The van der Waals surface area contributed by atoms with Crippen molar-refractivity contribution in [2.45, 2.75) is 0 Å². The van der Waals surface area contributed by atoms with Gasteiger partial charge in [0.2, 0.25) is 0 Å². The molecule has 0 aliphatic carbocycles. The van der Waals surface area contributed by atoms with Crippen LogP contribution in [-0.2, 0) is 7.05 Å². The van der Waals surface area contributed by atoms with Gasteiger partial charge in [0.25, 0.3) is 0 Å². The number of hydrogen-bond donors (Lipinski definition) is 1. The van der Waals surface area contributed by atoms with Gasteiger partial charge in [-0.25, -0.2) is 4.79 Å². The van der Waals surface area contributed by atoms with Crippen LogP contribution in [0, 0.1) is 0 Å². The van der Waals surface area contributed by atoms with Crippen LogP contribution < -0.4 is 4.74 Å². The van der Waals surface area contributed by atoms with Gasteiger partial charge in [0, 0.05) is 17.1 Å². The molecule has 3 rings (SSSR count). The molecule has 4 nitrogen and oxygen atoms in total. The number of aromatic carboxylic acids is 1. The van der Waals surface area contributed by atoms with Crippen molar-refractivity contribution in [2.75, 3.05) is 7.11 Å². The van der Waals surface area contributed by atoms with E-state index in [1.165, 1.54) is 0 Å². The van der Waals surface area contributed by atoms with Crippen molar-refractivity contribution in [3.05, 3.63) is 30.0 Å². The van der Waals surface area contributed by atoms with E-state index in [1.54, 1.807) is 36.1 Å². The Morgan fingerprint density at radius 2 is 2.11 bits per heavy atom. The Labute approximate surface area is 107 Å². The molecule has 0 bridgehead atoms. The van der Waals surface area contributed by atoms with E-state index in [9.17, 15) is 4.79 Å². The van der Waals surface area contributed by atoms with Crippen LogP contribution in [0.1, 0.15) is 10.5 Å². The minimum atomic E-state index is -0.900. The number of ether oxygens (including phenoxy) is 1. The maximum absolute atomic E-state index is 11.1. The lowest BCUT2D eigenvalue weighted by molar-refractivity contribution is 0.0687. The number of methoxy groups -OCH3 is 1. The predicted molar refractivity (Wildman–Crippen MR) is 71.8 cm³/mol. The fourth-order valence-electron chi connectivity index (χ4n) is 2.20. The molecule has 0 amide bonds. The maximum atomic E-state index is 11.1. The van der Waals surface area contributed by atoms with Crippen LogP contribution in [0.25, 0.3) is 20.3 Å². The fraction of sp³-hybridized carbons (Fsp3) is 0.154. The summed E-state index contributed by atoms with van der Waals surface area (Å²) in [5, 5.41) is 10.2. The molecule has 18 heavy (non-hydrogen) atoms. The third-order valence-electron chi connectivity index (χ3n) is 3.08. The molecule has 0 atom stereocenters. The van der Waals surface area contributed by atoms with E-state index in [0.29, 0.717) is 5.69 Å². The summed E-state index contributed by atoms with van der Waals surface area (Å²) in [6.07, 6.45) is 0. The summed E-state index contributed by atoms with van der Waals surface area (Å²) in [7, 11) is 3.42. The molecule has 0 saturated carbocycles. The highest BCUT2D eigenvalue weighted by atomic mass is 32.1. The quantitative estimate of drug-likeness (QED) is 0.771. The number of benzene rings is 1. The molecule has 3 aromatic rings. The summed E-state index contributed by atoms with van der Waals surface area (Å²) in [6, 6.07) is 7.55. The van der Waals surface area contributed by atoms with Gasteiger partial charge in [-0.15, -0.1) is 11.3 Å². The number of fused-ring (bicyclic) bond motifs is 3. The lowest BCUT2D eigenvalue weighted by atomic mass is 10.2. The zero-order chi connectivity index (χ0) is 12.9. The molecule has 0 aliphatic rings. The van der Waals surface area contributed by atoms with Gasteiger partial charge < -0.3 is 14.4 Å². The number of carbonyl (C=O) groups is 1. The second kappa shape index (κ2) is 3.74. The Morgan fingerprint density at radius 3 is 2.78 bits per heavy atom.